The van der Waals surface area contributed by atoms with Gasteiger partial charge in [0.2, 0.25) is 0 Å². The maximum absolute atomic E-state index is 5.03. The molecule has 164 valence electrons. The van der Waals surface area contributed by atoms with E-state index < -0.39 is 0 Å². The van der Waals surface area contributed by atoms with E-state index in [1.165, 1.54) is 5.39 Å². The van der Waals surface area contributed by atoms with E-state index in [2.05, 4.69) is 94.8 Å². The van der Waals surface area contributed by atoms with Crippen molar-refractivity contribution >= 4 is 27.6 Å². The molecule has 5 nitrogen and oxygen atoms in total. The molecule has 0 unspecified atom stereocenters. The molecule has 6 rings (SSSR count). The molecule has 0 radical (unpaired) electrons. The molecule has 0 aliphatic rings. The maximum Gasteiger partial charge on any atom is 0.162 e. The average molecular weight is 442 g/mol. The minimum Gasteiger partial charge on any atom is -0.364 e. The number of pyridine rings is 1. The number of hydrogen-bond acceptors (Lipinski definition) is 4. The molecule has 0 fully saturated rings. The van der Waals surface area contributed by atoms with E-state index in [9.17, 15) is 0 Å². The first-order chi connectivity index (χ1) is 16.8. The SMILES string of the molecule is Cn1ccc2ccc(-c3nc(NCc4ccccn4)c4c(-c5ccccc5)cccc4n3)cc21. The highest BCUT2D eigenvalue weighted by Gasteiger charge is 2.15. The van der Waals surface area contributed by atoms with Gasteiger partial charge in [0.1, 0.15) is 5.82 Å². The Morgan fingerprint density at radius 3 is 2.53 bits per heavy atom. The van der Waals surface area contributed by atoms with Gasteiger partial charge >= 0.3 is 0 Å². The van der Waals surface area contributed by atoms with Crippen LogP contribution in [0, 0.1) is 0 Å². The molecule has 0 amide bonds. The van der Waals surface area contributed by atoms with Gasteiger partial charge in [-0.3, -0.25) is 4.98 Å². The van der Waals surface area contributed by atoms with Gasteiger partial charge in [-0.1, -0.05) is 60.7 Å². The lowest BCUT2D eigenvalue weighted by Gasteiger charge is -2.14. The second kappa shape index (κ2) is 8.45. The molecule has 0 saturated carbocycles. The van der Waals surface area contributed by atoms with E-state index in [0.29, 0.717) is 12.4 Å². The van der Waals surface area contributed by atoms with Crippen molar-refractivity contribution in [1.82, 2.24) is 19.5 Å². The third-order valence-corrected chi connectivity index (χ3v) is 6.12. The van der Waals surface area contributed by atoms with E-state index in [1.54, 1.807) is 0 Å². The summed E-state index contributed by atoms with van der Waals surface area (Å²) < 4.78 is 2.12. The Morgan fingerprint density at radius 2 is 1.68 bits per heavy atom. The quantitative estimate of drug-likeness (QED) is 0.333. The Hall–Kier alpha value is -4.51. The van der Waals surface area contributed by atoms with Gasteiger partial charge < -0.3 is 9.88 Å². The van der Waals surface area contributed by atoms with Crippen LogP contribution in [0.15, 0.2) is 103 Å². The Labute approximate surface area is 197 Å². The van der Waals surface area contributed by atoms with Gasteiger partial charge in [-0.25, -0.2) is 9.97 Å². The zero-order valence-corrected chi connectivity index (χ0v) is 18.8. The minimum absolute atomic E-state index is 0.576. The van der Waals surface area contributed by atoms with Crippen molar-refractivity contribution in [3.05, 3.63) is 109 Å². The monoisotopic (exact) mass is 441 g/mol. The van der Waals surface area contributed by atoms with Crippen LogP contribution in [0.1, 0.15) is 5.69 Å². The van der Waals surface area contributed by atoms with Crippen molar-refractivity contribution in [2.45, 2.75) is 6.54 Å². The lowest BCUT2D eigenvalue weighted by atomic mass is 10.0. The molecule has 1 N–H and O–H groups in total. The van der Waals surface area contributed by atoms with Gasteiger partial charge in [0.15, 0.2) is 5.82 Å². The molecule has 3 heterocycles. The topological polar surface area (TPSA) is 55.6 Å². The fourth-order valence-corrected chi connectivity index (χ4v) is 4.38. The number of rotatable bonds is 5. The Balaban J connectivity index is 1.53. The normalized spacial score (nSPS) is 11.2. The van der Waals surface area contributed by atoms with Crippen LogP contribution in [0.4, 0.5) is 5.82 Å². The second-order valence-electron chi connectivity index (χ2n) is 8.34. The molecular formula is C29H23N5. The fourth-order valence-electron chi connectivity index (χ4n) is 4.38. The molecule has 6 aromatic rings. The van der Waals surface area contributed by atoms with Crippen LogP contribution in [0.3, 0.4) is 0 Å². The first kappa shape index (κ1) is 20.1. The summed E-state index contributed by atoms with van der Waals surface area (Å²) in [5.41, 5.74) is 6.24. The number of anilines is 1. The number of nitrogens with zero attached hydrogens (tertiary/aromatic N) is 4. The van der Waals surface area contributed by atoms with Crippen molar-refractivity contribution < 1.29 is 0 Å². The Kier molecular flexibility index (Phi) is 5.00. The van der Waals surface area contributed by atoms with Crippen LogP contribution in [0.2, 0.25) is 0 Å². The van der Waals surface area contributed by atoms with Crippen molar-refractivity contribution in [3.63, 3.8) is 0 Å². The summed E-state index contributed by atoms with van der Waals surface area (Å²) in [6.45, 7) is 0.576. The molecule has 3 aromatic carbocycles. The number of hydrogen-bond donors (Lipinski definition) is 1. The predicted octanol–water partition coefficient (Wildman–Crippen LogP) is 6.46. The molecule has 0 bridgehead atoms. The zero-order valence-electron chi connectivity index (χ0n) is 18.8. The Morgan fingerprint density at radius 1 is 0.794 bits per heavy atom. The molecule has 0 spiro atoms. The summed E-state index contributed by atoms with van der Waals surface area (Å²) in [5.74, 6) is 1.50. The standard InChI is InChI=1S/C29H23N5/c1-34-17-15-21-13-14-22(18-26(21)34)28-32-25-12-7-11-24(20-8-3-2-4-9-20)27(25)29(33-28)31-19-23-10-5-6-16-30-23/h2-18H,19H2,1H3,(H,31,32,33). The largest absolute Gasteiger partial charge is 0.364 e. The van der Waals surface area contributed by atoms with Crippen LogP contribution in [-0.2, 0) is 13.6 Å². The number of fused-ring (bicyclic) bond motifs is 2. The van der Waals surface area contributed by atoms with Crippen molar-refractivity contribution in [3.8, 4) is 22.5 Å². The molecule has 5 heteroatoms. The highest BCUT2D eigenvalue weighted by Crippen LogP contribution is 2.34. The van der Waals surface area contributed by atoms with Crippen LogP contribution in [-0.4, -0.2) is 19.5 Å². The number of aryl methyl sites for hydroxylation is 1. The zero-order chi connectivity index (χ0) is 22.9. The summed E-state index contributed by atoms with van der Waals surface area (Å²) in [5, 5.41) is 5.76. The molecule has 3 aromatic heterocycles. The predicted molar refractivity (Wildman–Crippen MR) is 138 cm³/mol. The third-order valence-electron chi connectivity index (χ3n) is 6.12. The summed E-state index contributed by atoms with van der Waals surface area (Å²) >= 11 is 0. The molecule has 0 saturated heterocycles. The molecular weight excluding hydrogens is 418 g/mol. The van der Waals surface area contributed by atoms with Crippen molar-refractivity contribution in [2.75, 3.05) is 5.32 Å². The lowest BCUT2D eigenvalue weighted by molar-refractivity contribution is 0.969. The Bertz CT molecular complexity index is 1600. The highest BCUT2D eigenvalue weighted by atomic mass is 15.0. The summed E-state index contributed by atoms with van der Waals surface area (Å²) in [6.07, 6.45) is 3.88. The summed E-state index contributed by atoms with van der Waals surface area (Å²) in [4.78, 5) is 14.5. The van der Waals surface area contributed by atoms with Crippen LogP contribution in [0.25, 0.3) is 44.3 Å². The number of benzene rings is 3. The molecule has 0 aliphatic heterocycles. The van der Waals surface area contributed by atoms with Gasteiger partial charge in [-0.05, 0) is 46.8 Å². The first-order valence-corrected chi connectivity index (χ1v) is 11.3. The lowest BCUT2D eigenvalue weighted by Crippen LogP contribution is -2.06. The van der Waals surface area contributed by atoms with Gasteiger partial charge in [0.25, 0.3) is 0 Å². The van der Waals surface area contributed by atoms with Crippen LogP contribution in [0.5, 0.6) is 0 Å². The molecule has 0 aliphatic carbocycles. The van der Waals surface area contributed by atoms with Gasteiger partial charge in [-0.15, -0.1) is 0 Å². The highest BCUT2D eigenvalue weighted by molar-refractivity contribution is 6.02. The van der Waals surface area contributed by atoms with E-state index in [0.717, 1.165) is 44.6 Å². The van der Waals surface area contributed by atoms with Crippen molar-refractivity contribution in [2.24, 2.45) is 7.05 Å². The summed E-state index contributed by atoms with van der Waals surface area (Å²) in [6, 6.07) is 31.0. The summed E-state index contributed by atoms with van der Waals surface area (Å²) in [7, 11) is 2.05. The average Bonchev–Trinajstić information content (AvgIpc) is 3.27. The number of aromatic nitrogens is 4. The van der Waals surface area contributed by atoms with Gasteiger partial charge in [0.05, 0.1) is 23.1 Å². The van der Waals surface area contributed by atoms with E-state index in [4.69, 9.17) is 9.97 Å². The van der Waals surface area contributed by atoms with Crippen molar-refractivity contribution in [1.29, 1.82) is 0 Å². The first-order valence-electron chi connectivity index (χ1n) is 11.3. The van der Waals surface area contributed by atoms with Gasteiger partial charge in [0, 0.05) is 30.5 Å². The molecule has 0 atom stereocenters. The fraction of sp³-hybridized carbons (Fsp3) is 0.0690. The maximum atomic E-state index is 5.03. The minimum atomic E-state index is 0.576. The smallest absolute Gasteiger partial charge is 0.162 e. The molecule has 34 heavy (non-hydrogen) atoms. The van der Waals surface area contributed by atoms with Gasteiger partial charge in [-0.2, -0.15) is 0 Å². The van der Waals surface area contributed by atoms with E-state index >= 15 is 0 Å². The van der Waals surface area contributed by atoms with E-state index in [-0.39, 0.29) is 0 Å². The second-order valence-corrected chi connectivity index (χ2v) is 8.34. The number of nitrogens with one attached hydrogen (secondary N) is 1. The van der Waals surface area contributed by atoms with E-state index in [1.807, 2.05) is 30.5 Å². The van der Waals surface area contributed by atoms with Crippen LogP contribution < -0.4 is 5.32 Å². The third kappa shape index (κ3) is 3.67. The van der Waals surface area contributed by atoms with Crippen LogP contribution >= 0.6 is 0 Å².